The number of nitriles is 1. The summed E-state index contributed by atoms with van der Waals surface area (Å²) >= 11 is 0. The van der Waals surface area contributed by atoms with Crippen molar-refractivity contribution in [2.24, 2.45) is 16.8 Å². The Kier molecular flexibility index (Phi) is 8.30. The van der Waals surface area contributed by atoms with Crippen molar-refractivity contribution in [1.82, 2.24) is 19.7 Å². The van der Waals surface area contributed by atoms with Crippen molar-refractivity contribution in [2.45, 2.75) is 83.3 Å². The van der Waals surface area contributed by atoms with E-state index in [2.05, 4.69) is 51.1 Å². The zero-order valence-electron chi connectivity index (χ0n) is 22.7. The zero-order chi connectivity index (χ0) is 26.5. The summed E-state index contributed by atoms with van der Waals surface area (Å²) in [6.07, 6.45) is 15.8. The van der Waals surface area contributed by atoms with Crippen molar-refractivity contribution in [2.75, 3.05) is 19.7 Å². The lowest BCUT2D eigenvalue weighted by Crippen LogP contribution is -2.53. The van der Waals surface area contributed by atoms with Crippen LogP contribution in [0.2, 0.25) is 0 Å². The minimum absolute atomic E-state index is 0.0161. The normalized spacial score (nSPS) is 29.2. The first-order chi connectivity index (χ1) is 18.6. The van der Waals surface area contributed by atoms with Gasteiger partial charge in [0.2, 0.25) is 0 Å². The van der Waals surface area contributed by atoms with Crippen LogP contribution in [-0.2, 0) is 15.0 Å². The highest BCUT2D eigenvalue weighted by Crippen LogP contribution is 2.48. The number of likely N-dealkylation sites (tertiary alicyclic amines) is 1. The summed E-state index contributed by atoms with van der Waals surface area (Å²) in [7, 11) is 0. The molecule has 0 spiro atoms. The van der Waals surface area contributed by atoms with Crippen LogP contribution in [0.15, 0.2) is 36.2 Å². The van der Waals surface area contributed by atoms with Crippen molar-refractivity contribution in [3.05, 3.63) is 47.4 Å². The molecular weight excluding hydrogens is 476 g/mol. The second-order valence-electron chi connectivity index (χ2n) is 10.9. The molecule has 202 valence electrons. The van der Waals surface area contributed by atoms with Crippen LogP contribution in [0.3, 0.4) is 0 Å². The van der Waals surface area contributed by atoms with Gasteiger partial charge in [0, 0.05) is 55.5 Å². The van der Waals surface area contributed by atoms with E-state index in [0.29, 0.717) is 18.3 Å². The SMILES string of the molecule is C=C=c1[nH]cc/c1=C(/N=CC)c1cnn(C2(CC#N)CC[C@H](C3CCN(C4CC(OCCC)O4)CC3)C2)c1. The fraction of sp³-hybridized carbons (Fsp3) is 0.600. The third-order valence-electron chi connectivity index (χ3n) is 8.67. The molecule has 1 aliphatic carbocycles. The molecule has 1 N–H and O–H groups in total. The lowest BCUT2D eigenvalue weighted by atomic mass is 9.81. The van der Waals surface area contributed by atoms with Crippen molar-refractivity contribution in [3.8, 4) is 6.07 Å². The van der Waals surface area contributed by atoms with Crippen LogP contribution >= 0.6 is 0 Å². The van der Waals surface area contributed by atoms with Crippen molar-refractivity contribution in [3.63, 3.8) is 0 Å². The Bertz CT molecular complexity index is 1300. The Labute approximate surface area is 225 Å². The molecule has 8 heteroatoms. The van der Waals surface area contributed by atoms with Crippen LogP contribution < -0.4 is 10.6 Å². The Morgan fingerprint density at radius 1 is 1.37 bits per heavy atom. The van der Waals surface area contributed by atoms with E-state index in [9.17, 15) is 5.26 Å². The Morgan fingerprint density at radius 3 is 2.89 bits per heavy atom. The monoisotopic (exact) mass is 516 g/mol. The van der Waals surface area contributed by atoms with Gasteiger partial charge >= 0.3 is 0 Å². The molecule has 4 atom stereocenters. The molecular formula is C30H40N6O2. The summed E-state index contributed by atoms with van der Waals surface area (Å²) < 4.78 is 13.7. The summed E-state index contributed by atoms with van der Waals surface area (Å²) in [5.74, 6) is 1.30. The van der Waals surface area contributed by atoms with E-state index in [-0.39, 0.29) is 18.1 Å². The maximum Gasteiger partial charge on any atom is 0.163 e. The largest absolute Gasteiger partial charge is 0.355 e. The molecule has 2 aliphatic heterocycles. The highest BCUT2D eigenvalue weighted by molar-refractivity contribution is 5.72. The molecule has 2 saturated heterocycles. The first-order valence-electron chi connectivity index (χ1n) is 14.1. The lowest BCUT2D eigenvalue weighted by Gasteiger charge is -2.45. The van der Waals surface area contributed by atoms with Gasteiger partial charge in [-0.3, -0.25) is 14.6 Å². The van der Waals surface area contributed by atoms with Gasteiger partial charge in [-0.2, -0.15) is 10.4 Å². The minimum Gasteiger partial charge on any atom is -0.355 e. The number of rotatable bonds is 9. The second-order valence-corrected chi connectivity index (χ2v) is 10.9. The minimum atomic E-state index is -0.262. The molecule has 2 aromatic heterocycles. The number of ether oxygens (including phenoxy) is 2. The van der Waals surface area contributed by atoms with Gasteiger partial charge < -0.3 is 14.5 Å². The quantitative estimate of drug-likeness (QED) is 0.514. The summed E-state index contributed by atoms with van der Waals surface area (Å²) in [5, 5.41) is 16.4. The number of piperidine rings is 1. The molecule has 3 fully saturated rings. The Hall–Kier alpha value is -2.95. The molecule has 3 aliphatic rings. The lowest BCUT2D eigenvalue weighted by molar-refractivity contribution is -0.299. The number of H-pyrrole nitrogens is 1. The highest BCUT2D eigenvalue weighted by atomic mass is 16.7. The number of hydrogen-bond acceptors (Lipinski definition) is 6. The molecule has 4 heterocycles. The Morgan fingerprint density at radius 2 is 2.18 bits per heavy atom. The number of nitrogens with zero attached hydrogens (tertiary/aromatic N) is 5. The average molecular weight is 517 g/mol. The molecule has 2 aromatic rings. The van der Waals surface area contributed by atoms with Crippen LogP contribution in [0.1, 0.15) is 70.8 Å². The van der Waals surface area contributed by atoms with Gasteiger partial charge in [-0.15, -0.1) is 5.73 Å². The Balaban J connectivity index is 1.27. The standard InChI is InChI=1S/C30H40N6O2/c1-4-17-37-28-18-27(38-28)35-15-9-22(10-16-35)23-7-11-30(19-23,12-13-31)36-21-24(20-34-36)29(32-6-3)25-8-14-33-26(25)5-2/h6,8,14,20-23,27-28,33H,2,4,7,9-12,15-19H2,1,3H3/b29-25-,32-6?/t23-,27?,28?,30?/m0/s1. The van der Waals surface area contributed by atoms with E-state index < -0.39 is 0 Å². The molecule has 0 amide bonds. The molecule has 0 radical (unpaired) electrons. The molecule has 5 rings (SSSR count). The van der Waals surface area contributed by atoms with Crippen molar-refractivity contribution < 1.29 is 9.47 Å². The van der Waals surface area contributed by atoms with Crippen molar-refractivity contribution >= 4 is 17.6 Å². The van der Waals surface area contributed by atoms with Gasteiger partial charge in [-0.25, -0.2) is 0 Å². The second kappa shape index (κ2) is 11.8. The zero-order valence-corrected chi connectivity index (χ0v) is 22.7. The van der Waals surface area contributed by atoms with Gasteiger partial charge in [-0.05, 0) is 63.4 Å². The molecule has 38 heavy (non-hydrogen) atoms. The van der Waals surface area contributed by atoms with Crippen LogP contribution in [0.25, 0.3) is 11.4 Å². The van der Waals surface area contributed by atoms with E-state index in [1.165, 1.54) is 12.8 Å². The number of aliphatic imine (C=N–C) groups is 1. The van der Waals surface area contributed by atoms with Crippen LogP contribution in [0, 0.1) is 23.2 Å². The maximum absolute atomic E-state index is 9.80. The number of aromatic amines is 1. The van der Waals surface area contributed by atoms with E-state index in [1.807, 2.05) is 25.4 Å². The fourth-order valence-corrected chi connectivity index (χ4v) is 6.59. The molecule has 3 unspecified atom stereocenters. The number of aromatic nitrogens is 3. The molecule has 1 saturated carbocycles. The average Bonchev–Trinajstić information content (AvgIpc) is 3.67. The van der Waals surface area contributed by atoms with E-state index in [0.717, 1.165) is 73.6 Å². The summed E-state index contributed by atoms with van der Waals surface area (Å²) in [6.45, 7) is 10.8. The summed E-state index contributed by atoms with van der Waals surface area (Å²) in [6, 6.07) is 4.47. The van der Waals surface area contributed by atoms with E-state index >= 15 is 0 Å². The number of nitrogens with one attached hydrogen (secondary N) is 1. The topological polar surface area (TPSA) is 91.5 Å². The first kappa shape index (κ1) is 26.6. The van der Waals surface area contributed by atoms with Gasteiger partial charge in [0.1, 0.15) is 6.23 Å². The van der Waals surface area contributed by atoms with Gasteiger partial charge in [-0.1, -0.05) is 13.5 Å². The smallest absolute Gasteiger partial charge is 0.163 e. The van der Waals surface area contributed by atoms with E-state index in [4.69, 9.17) is 14.6 Å². The van der Waals surface area contributed by atoms with Crippen LogP contribution in [0.5, 0.6) is 0 Å². The first-order valence-corrected chi connectivity index (χ1v) is 14.1. The van der Waals surface area contributed by atoms with Crippen LogP contribution in [-0.4, -0.2) is 58.1 Å². The maximum atomic E-state index is 9.80. The fourth-order valence-electron chi connectivity index (χ4n) is 6.59. The van der Waals surface area contributed by atoms with Crippen LogP contribution in [0.4, 0.5) is 0 Å². The number of hydrogen-bond donors (Lipinski definition) is 1. The summed E-state index contributed by atoms with van der Waals surface area (Å²) in [4.78, 5) is 10.3. The molecule has 0 bridgehead atoms. The third kappa shape index (κ3) is 5.30. The predicted molar refractivity (Wildman–Crippen MR) is 147 cm³/mol. The predicted octanol–water partition coefficient (Wildman–Crippen LogP) is 3.64. The third-order valence-corrected chi connectivity index (χ3v) is 8.67. The molecule has 0 aromatic carbocycles. The van der Waals surface area contributed by atoms with Gasteiger partial charge in [0.25, 0.3) is 0 Å². The highest BCUT2D eigenvalue weighted by Gasteiger charge is 2.45. The van der Waals surface area contributed by atoms with Gasteiger partial charge in [0.15, 0.2) is 6.29 Å². The van der Waals surface area contributed by atoms with Gasteiger partial charge in [0.05, 0.1) is 35.3 Å². The van der Waals surface area contributed by atoms with Crippen molar-refractivity contribution in [1.29, 1.82) is 5.26 Å². The summed E-state index contributed by atoms with van der Waals surface area (Å²) in [5.41, 5.74) is 4.47. The van der Waals surface area contributed by atoms with E-state index in [1.54, 1.807) is 6.21 Å². The molecule has 8 nitrogen and oxygen atoms in total.